The third kappa shape index (κ3) is 2.79. The van der Waals surface area contributed by atoms with E-state index in [4.69, 9.17) is 0 Å². The van der Waals surface area contributed by atoms with Crippen molar-refractivity contribution in [2.75, 3.05) is 18.5 Å². The molecule has 0 spiro atoms. The van der Waals surface area contributed by atoms with Crippen molar-refractivity contribution in [1.82, 2.24) is 5.32 Å². The Bertz CT molecular complexity index is 395. The predicted molar refractivity (Wildman–Crippen MR) is 72.9 cm³/mol. The molecule has 1 atom stereocenters. The second-order valence-corrected chi connectivity index (χ2v) is 4.30. The number of hydrogen-bond donors (Lipinski definition) is 1. The Morgan fingerprint density at radius 1 is 1.47 bits per heavy atom. The van der Waals surface area contributed by atoms with E-state index >= 15 is 0 Å². The summed E-state index contributed by atoms with van der Waals surface area (Å²) in [6, 6.07) is 8.47. The molecule has 0 saturated heterocycles. The summed E-state index contributed by atoms with van der Waals surface area (Å²) in [5.41, 5.74) is 2.38. The van der Waals surface area contributed by atoms with Crippen LogP contribution in [0.3, 0.4) is 0 Å². The van der Waals surface area contributed by atoms with Gasteiger partial charge in [-0.25, -0.2) is 0 Å². The number of benzene rings is 1. The molecule has 1 aromatic rings. The van der Waals surface area contributed by atoms with Crippen LogP contribution >= 0.6 is 12.4 Å². The smallest absolute Gasteiger partial charge is 0.228 e. The molecule has 94 valence electrons. The monoisotopic (exact) mass is 254 g/mol. The molecule has 1 aliphatic heterocycles. The Morgan fingerprint density at radius 3 is 2.88 bits per heavy atom. The molecule has 0 radical (unpaired) electrons. The summed E-state index contributed by atoms with van der Waals surface area (Å²) in [5.74, 6) is 0.215. The van der Waals surface area contributed by atoms with E-state index in [1.807, 2.05) is 30.1 Å². The number of para-hydroxylation sites is 1. The topological polar surface area (TPSA) is 32.3 Å². The minimum Gasteiger partial charge on any atom is -0.319 e. The van der Waals surface area contributed by atoms with Gasteiger partial charge < -0.3 is 10.2 Å². The largest absolute Gasteiger partial charge is 0.319 e. The number of fused-ring (bicyclic) bond motifs is 1. The maximum Gasteiger partial charge on any atom is 0.228 e. The van der Waals surface area contributed by atoms with E-state index in [1.54, 1.807) is 0 Å². The Kier molecular flexibility index (Phi) is 4.97. The zero-order valence-electron chi connectivity index (χ0n) is 10.3. The highest BCUT2D eigenvalue weighted by Gasteiger charge is 2.29. The molecule has 0 aliphatic carbocycles. The minimum absolute atomic E-state index is 0. The van der Waals surface area contributed by atoms with Gasteiger partial charge in [0, 0.05) is 24.7 Å². The lowest BCUT2D eigenvalue weighted by Gasteiger charge is -2.22. The van der Waals surface area contributed by atoms with Gasteiger partial charge in [0.1, 0.15) is 0 Å². The van der Waals surface area contributed by atoms with Crippen molar-refractivity contribution in [3.8, 4) is 0 Å². The first-order valence-electron chi connectivity index (χ1n) is 5.78. The molecule has 0 bridgehead atoms. The second-order valence-electron chi connectivity index (χ2n) is 4.30. The SMILES string of the molecule is CNCCC(=O)N1c2ccccc2CC1C.Cl. The first-order chi connectivity index (χ1) is 7.74. The average Bonchev–Trinajstić information content (AvgIpc) is 2.62. The molecule has 1 N–H and O–H groups in total. The van der Waals surface area contributed by atoms with Crippen LogP contribution in [0.15, 0.2) is 24.3 Å². The van der Waals surface area contributed by atoms with E-state index in [0.29, 0.717) is 12.5 Å². The molecular weight excluding hydrogens is 236 g/mol. The van der Waals surface area contributed by atoms with Crippen LogP contribution in [-0.2, 0) is 11.2 Å². The van der Waals surface area contributed by atoms with Gasteiger partial charge in [-0.2, -0.15) is 0 Å². The van der Waals surface area contributed by atoms with Crippen molar-refractivity contribution in [2.24, 2.45) is 0 Å². The normalized spacial score (nSPS) is 17.5. The number of nitrogens with zero attached hydrogens (tertiary/aromatic N) is 1. The fourth-order valence-corrected chi connectivity index (χ4v) is 2.30. The molecule has 0 saturated carbocycles. The molecule has 1 amide bonds. The van der Waals surface area contributed by atoms with E-state index in [1.165, 1.54) is 5.56 Å². The molecule has 1 unspecified atom stereocenters. The molecule has 1 heterocycles. The number of hydrogen-bond acceptors (Lipinski definition) is 2. The lowest BCUT2D eigenvalue weighted by Crippen LogP contribution is -2.37. The number of anilines is 1. The molecular formula is C13H19ClN2O. The summed E-state index contributed by atoms with van der Waals surface area (Å²) in [6.07, 6.45) is 1.54. The van der Waals surface area contributed by atoms with Crippen LogP contribution in [0.4, 0.5) is 5.69 Å². The Morgan fingerprint density at radius 2 is 2.18 bits per heavy atom. The number of halogens is 1. The first kappa shape index (κ1) is 14.0. The lowest BCUT2D eigenvalue weighted by molar-refractivity contribution is -0.118. The van der Waals surface area contributed by atoms with Crippen LogP contribution in [0.2, 0.25) is 0 Å². The Hall–Kier alpha value is -1.06. The summed E-state index contributed by atoms with van der Waals surface area (Å²) in [6.45, 7) is 2.85. The Labute approximate surface area is 109 Å². The van der Waals surface area contributed by atoms with Crippen LogP contribution in [0.5, 0.6) is 0 Å². The summed E-state index contributed by atoms with van der Waals surface area (Å²) in [4.78, 5) is 14.0. The molecule has 4 heteroatoms. The van der Waals surface area contributed by atoms with Gasteiger partial charge in [0.2, 0.25) is 5.91 Å². The summed E-state index contributed by atoms with van der Waals surface area (Å²) in [5, 5.41) is 3.01. The van der Waals surface area contributed by atoms with Crippen molar-refractivity contribution in [3.05, 3.63) is 29.8 Å². The number of rotatable bonds is 3. The molecule has 1 aliphatic rings. The van der Waals surface area contributed by atoms with E-state index < -0.39 is 0 Å². The van der Waals surface area contributed by atoms with Crippen molar-refractivity contribution in [1.29, 1.82) is 0 Å². The summed E-state index contributed by atoms with van der Waals surface area (Å²) >= 11 is 0. The quantitative estimate of drug-likeness (QED) is 0.895. The standard InChI is InChI=1S/C13H18N2O.ClH/c1-10-9-11-5-3-4-6-12(11)15(10)13(16)7-8-14-2;/h3-6,10,14H,7-9H2,1-2H3;1H. The maximum atomic E-state index is 12.1. The number of nitrogens with one attached hydrogen (secondary N) is 1. The van der Waals surface area contributed by atoms with E-state index in [0.717, 1.165) is 18.7 Å². The van der Waals surface area contributed by atoms with Gasteiger partial charge in [-0.1, -0.05) is 18.2 Å². The van der Waals surface area contributed by atoms with Crippen molar-refractivity contribution >= 4 is 24.0 Å². The lowest BCUT2D eigenvalue weighted by atomic mass is 10.1. The van der Waals surface area contributed by atoms with Gasteiger partial charge in [0.05, 0.1) is 0 Å². The zero-order valence-corrected chi connectivity index (χ0v) is 11.1. The van der Waals surface area contributed by atoms with Gasteiger partial charge in [0.15, 0.2) is 0 Å². The van der Waals surface area contributed by atoms with Crippen molar-refractivity contribution < 1.29 is 4.79 Å². The van der Waals surface area contributed by atoms with E-state index in [9.17, 15) is 4.79 Å². The Balaban J connectivity index is 0.00000144. The highest BCUT2D eigenvalue weighted by molar-refractivity contribution is 5.96. The number of amides is 1. The van der Waals surface area contributed by atoms with Gasteiger partial charge >= 0.3 is 0 Å². The van der Waals surface area contributed by atoms with E-state index in [2.05, 4.69) is 18.3 Å². The summed E-state index contributed by atoms with van der Waals surface area (Å²) < 4.78 is 0. The summed E-state index contributed by atoms with van der Waals surface area (Å²) in [7, 11) is 1.87. The minimum atomic E-state index is 0. The van der Waals surface area contributed by atoms with Crippen molar-refractivity contribution in [2.45, 2.75) is 25.8 Å². The fraction of sp³-hybridized carbons (Fsp3) is 0.462. The fourth-order valence-electron chi connectivity index (χ4n) is 2.30. The van der Waals surface area contributed by atoms with Crippen LogP contribution in [-0.4, -0.2) is 25.5 Å². The highest BCUT2D eigenvalue weighted by Crippen LogP contribution is 2.31. The number of carbonyl (C=O) groups excluding carboxylic acids is 1. The van der Waals surface area contributed by atoms with Gasteiger partial charge in [-0.15, -0.1) is 12.4 Å². The predicted octanol–water partition coefficient (Wildman–Crippen LogP) is 2.00. The van der Waals surface area contributed by atoms with Gasteiger partial charge in [-0.05, 0) is 32.0 Å². The maximum absolute atomic E-state index is 12.1. The molecule has 3 nitrogen and oxygen atoms in total. The van der Waals surface area contributed by atoms with Gasteiger partial charge in [0.25, 0.3) is 0 Å². The molecule has 0 fully saturated rings. The molecule has 1 aromatic carbocycles. The molecule has 2 rings (SSSR count). The van der Waals surface area contributed by atoms with Crippen LogP contribution < -0.4 is 10.2 Å². The van der Waals surface area contributed by atoms with Crippen LogP contribution in [0, 0.1) is 0 Å². The highest BCUT2D eigenvalue weighted by atomic mass is 35.5. The third-order valence-corrected chi connectivity index (χ3v) is 3.06. The molecule has 0 aromatic heterocycles. The number of carbonyl (C=O) groups is 1. The van der Waals surface area contributed by atoms with Gasteiger partial charge in [-0.3, -0.25) is 4.79 Å². The third-order valence-electron chi connectivity index (χ3n) is 3.06. The van der Waals surface area contributed by atoms with E-state index in [-0.39, 0.29) is 18.3 Å². The molecule has 17 heavy (non-hydrogen) atoms. The average molecular weight is 255 g/mol. The van der Waals surface area contributed by atoms with Crippen molar-refractivity contribution in [3.63, 3.8) is 0 Å². The van der Waals surface area contributed by atoms with Crippen LogP contribution in [0.25, 0.3) is 0 Å². The van der Waals surface area contributed by atoms with Crippen LogP contribution in [0.1, 0.15) is 18.9 Å². The zero-order chi connectivity index (χ0) is 11.5. The first-order valence-corrected chi connectivity index (χ1v) is 5.78. The second kappa shape index (κ2) is 6.03.